The van der Waals surface area contributed by atoms with E-state index in [0.717, 1.165) is 19.3 Å². The number of ether oxygens (including phenoxy) is 1. The minimum absolute atomic E-state index is 0.0311. The minimum atomic E-state index is -3.69. The third-order valence-corrected chi connectivity index (χ3v) is 8.06. The number of rotatable bonds is 10. The molecule has 11 heteroatoms. The number of carbonyl (C=O) groups is 3. The second-order valence-electron chi connectivity index (χ2n) is 8.27. The van der Waals surface area contributed by atoms with Crippen molar-refractivity contribution >= 4 is 53.6 Å². The summed E-state index contributed by atoms with van der Waals surface area (Å²) in [6.07, 6.45) is 2.99. The minimum Gasteiger partial charge on any atom is -0.449 e. The van der Waals surface area contributed by atoms with Crippen molar-refractivity contribution in [1.82, 2.24) is 4.57 Å². The lowest BCUT2D eigenvalue weighted by Crippen LogP contribution is -2.27. The fourth-order valence-electron chi connectivity index (χ4n) is 4.44. The van der Waals surface area contributed by atoms with Gasteiger partial charge in [-0.15, -0.1) is 0 Å². The van der Waals surface area contributed by atoms with Gasteiger partial charge in [0.2, 0.25) is 5.91 Å². The van der Waals surface area contributed by atoms with Crippen LogP contribution < -0.4 is 5.32 Å². The maximum Gasteiger partial charge on any atom is 0.419 e. The molecule has 1 fully saturated rings. The van der Waals surface area contributed by atoms with Crippen LogP contribution in [-0.2, 0) is 23.1 Å². The molecule has 2 aromatic rings. The number of ketones is 1. The fourth-order valence-corrected chi connectivity index (χ4v) is 6.08. The quantitative estimate of drug-likeness (QED) is 0.287. The Morgan fingerprint density at radius 1 is 1.06 bits per heavy atom. The van der Waals surface area contributed by atoms with E-state index in [1.165, 1.54) is 4.57 Å². The van der Waals surface area contributed by atoms with Crippen LogP contribution >= 0.6 is 19.2 Å². The van der Waals surface area contributed by atoms with Crippen LogP contribution in [0.2, 0.25) is 5.02 Å². The standard InChI is InChI=1S/C24H32ClN2O7P/c1-4-32-24(30)27-19-13-12-17(25)14-18(19)21(22(27)23(29)16-10-8-7-9-11-16)26-20(28)15-35(31,33-5-2)34-6-3/h12-14,16H,4-11,15H2,1-3H3,(H,26,28). The molecule has 1 saturated carbocycles. The smallest absolute Gasteiger partial charge is 0.419 e. The zero-order chi connectivity index (χ0) is 25.6. The molecule has 1 amide bonds. The number of carbonyl (C=O) groups excluding carboxylic acids is 3. The number of nitrogens with zero attached hydrogens (tertiary/aromatic N) is 1. The maximum absolute atomic E-state index is 13.8. The van der Waals surface area contributed by atoms with Gasteiger partial charge in [-0.2, -0.15) is 0 Å². The zero-order valence-corrected chi connectivity index (χ0v) is 22.0. The molecule has 1 N–H and O–H groups in total. The van der Waals surface area contributed by atoms with Crippen molar-refractivity contribution in [3.8, 4) is 0 Å². The van der Waals surface area contributed by atoms with Gasteiger partial charge in [0.25, 0.3) is 0 Å². The summed E-state index contributed by atoms with van der Waals surface area (Å²) >= 11 is 6.24. The molecule has 1 heterocycles. The molecule has 35 heavy (non-hydrogen) atoms. The van der Waals surface area contributed by atoms with Gasteiger partial charge in [-0.3, -0.25) is 14.2 Å². The molecule has 0 atom stereocenters. The van der Waals surface area contributed by atoms with E-state index in [1.807, 2.05) is 0 Å². The number of Topliss-reactive ketones (excluding diaryl/α,β-unsaturated/α-hetero) is 1. The Labute approximate surface area is 210 Å². The van der Waals surface area contributed by atoms with Crippen molar-refractivity contribution in [2.45, 2.75) is 52.9 Å². The van der Waals surface area contributed by atoms with Gasteiger partial charge in [0.05, 0.1) is 31.0 Å². The number of nitrogens with one attached hydrogen (secondary N) is 1. The molecule has 9 nitrogen and oxygen atoms in total. The molecule has 1 aromatic carbocycles. The van der Waals surface area contributed by atoms with Crippen LogP contribution in [-0.4, -0.2) is 48.3 Å². The van der Waals surface area contributed by atoms with Gasteiger partial charge in [-0.1, -0.05) is 30.9 Å². The van der Waals surface area contributed by atoms with Crippen molar-refractivity contribution in [2.24, 2.45) is 5.92 Å². The van der Waals surface area contributed by atoms with Crippen molar-refractivity contribution < 1.29 is 32.7 Å². The molecule has 192 valence electrons. The molecule has 0 unspecified atom stereocenters. The number of benzene rings is 1. The largest absolute Gasteiger partial charge is 0.449 e. The number of amides is 1. The topological polar surface area (TPSA) is 113 Å². The Kier molecular flexibility index (Phi) is 9.53. The van der Waals surface area contributed by atoms with E-state index in [-0.39, 0.29) is 42.9 Å². The lowest BCUT2D eigenvalue weighted by Gasteiger charge is -2.22. The van der Waals surface area contributed by atoms with E-state index >= 15 is 0 Å². The lowest BCUT2D eigenvalue weighted by atomic mass is 9.85. The number of hydrogen-bond acceptors (Lipinski definition) is 7. The molecule has 0 saturated heterocycles. The Balaban J connectivity index is 2.13. The molecule has 0 aliphatic heterocycles. The van der Waals surface area contributed by atoms with E-state index < -0.39 is 25.8 Å². The van der Waals surface area contributed by atoms with Crippen LogP contribution in [0, 0.1) is 5.92 Å². The second kappa shape index (κ2) is 12.2. The third kappa shape index (κ3) is 6.33. The van der Waals surface area contributed by atoms with Crippen LogP contribution in [0.25, 0.3) is 10.9 Å². The summed E-state index contributed by atoms with van der Waals surface area (Å²) in [7, 11) is -3.69. The summed E-state index contributed by atoms with van der Waals surface area (Å²) in [5, 5.41) is 3.48. The highest BCUT2D eigenvalue weighted by Gasteiger charge is 2.34. The summed E-state index contributed by atoms with van der Waals surface area (Å²) in [5.74, 6) is -1.21. The van der Waals surface area contributed by atoms with Crippen LogP contribution in [0.3, 0.4) is 0 Å². The predicted octanol–water partition coefficient (Wildman–Crippen LogP) is 6.27. The van der Waals surface area contributed by atoms with Crippen molar-refractivity contribution in [1.29, 1.82) is 0 Å². The molecule has 3 rings (SSSR count). The van der Waals surface area contributed by atoms with Gasteiger partial charge < -0.3 is 19.1 Å². The summed E-state index contributed by atoms with van der Waals surface area (Å²) in [5.41, 5.74) is 0.541. The van der Waals surface area contributed by atoms with Crippen LogP contribution in [0.1, 0.15) is 63.4 Å². The Hall–Kier alpha value is -2.19. The first-order valence-electron chi connectivity index (χ1n) is 12.0. The summed E-state index contributed by atoms with van der Waals surface area (Å²) < 4.78 is 29.8. The molecule has 0 radical (unpaired) electrons. The van der Waals surface area contributed by atoms with Crippen LogP contribution in [0.4, 0.5) is 10.5 Å². The normalized spacial score (nSPS) is 14.7. The number of anilines is 1. The second-order valence-corrected chi connectivity index (χ2v) is 10.8. The van der Waals surface area contributed by atoms with Gasteiger partial charge in [0, 0.05) is 16.3 Å². The summed E-state index contributed by atoms with van der Waals surface area (Å²) in [6, 6.07) is 4.77. The number of halogens is 1. The first kappa shape index (κ1) is 27.4. The van der Waals surface area contributed by atoms with E-state index in [1.54, 1.807) is 39.0 Å². The average molecular weight is 527 g/mol. The number of fused-ring (bicyclic) bond motifs is 1. The monoisotopic (exact) mass is 526 g/mol. The first-order valence-corrected chi connectivity index (χ1v) is 14.1. The number of aromatic nitrogens is 1. The van der Waals surface area contributed by atoms with Crippen molar-refractivity contribution in [3.63, 3.8) is 0 Å². The van der Waals surface area contributed by atoms with Crippen LogP contribution in [0.5, 0.6) is 0 Å². The van der Waals surface area contributed by atoms with Crippen molar-refractivity contribution in [2.75, 3.05) is 31.3 Å². The highest BCUT2D eigenvalue weighted by molar-refractivity contribution is 7.54. The van der Waals surface area contributed by atoms with E-state index in [4.69, 9.17) is 25.4 Å². The van der Waals surface area contributed by atoms with Gasteiger partial charge >= 0.3 is 13.7 Å². The SMILES string of the molecule is CCOC(=O)n1c(C(=O)C2CCCCC2)c(NC(=O)CP(=O)(OCC)OCC)c2cc(Cl)ccc21. The molecule has 0 spiro atoms. The van der Waals surface area contributed by atoms with E-state index in [0.29, 0.717) is 28.8 Å². The predicted molar refractivity (Wildman–Crippen MR) is 135 cm³/mol. The van der Waals surface area contributed by atoms with Crippen molar-refractivity contribution in [3.05, 3.63) is 28.9 Å². The summed E-state index contributed by atoms with van der Waals surface area (Å²) in [4.78, 5) is 39.8. The fraction of sp³-hybridized carbons (Fsp3) is 0.542. The molecular formula is C24H32ClN2O7P. The Bertz CT molecular complexity index is 1130. The van der Waals surface area contributed by atoms with Gasteiger partial charge in [0.1, 0.15) is 11.9 Å². The average Bonchev–Trinajstić information content (AvgIpc) is 3.12. The third-order valence-electron chi connectivity index (χ3n) is 5.84. The lowest BCUT2D eigenvalue weighted by molar-refractivity contribution is -0.114. The molecule has 1 aliphatic rings. The molecular weight excluding hydrogens is 495 g/mol. The zero-order valence-electron chi connectivity index (χ0n) is 20.3. The summed E-state index contributed by atoms with van der Waals surface area (Å²) in [6.45, 7) is 5.29. The molecule has 1 aliphatic carbocycles. The Morgan fingerprint density at radius 2 is 1.71 bits per heavy atom. The maximum atomic E-state index is 13.8. The van der Waals surface area contributed by atoms with Gasteiger partial charge in [-0.05, 0) is 51.8 Å². The molecule has 0 bridgehead atoms. The number of hydrogen-bond donors (Lipinski definition) is 1. The van der Waals surface area contributed by atoms with Gasteiger partial charge in [-0.25, -0.2) is 9.36 Å². The highest BCUT2D eigenvalue weighted by atomic mass is 35.5. The van der Waals surface area contributed by atoms with E-state index in [2.05, 4.69) is 5.32 Å². The van der Waals surface area contributed by atoms with Gasteiger partial charge in [0.15, 0.2) is 5.78 Å². The Morgan fingerprint density at radius 3 is 2.31 bits per heavy atom. The molecule has 1 aromatic heterocycles. The first-order chi connectivity index (χ1) is 16.7. The van der Waals surface area contributed by atoms with Crippen LogP contribution in [0.15, 0.2) is 18.2 Å². The van der Waals surface area contributed by atoms with E-state index in [9.17, 15) is 18.9 Å². The highest BCUT2D eigenvalue weighted by Crippen LogP contribution is 2.48.